The van der Waals surface area contributed by atoms with E-state index in [1.165, 1.54) is 11.3 Å². The van der Waals surface area contributed by atoms with Gasteiger partial charge in [-0.3, -0.25) is 0 Å². The van der Waals surface area contributed by atoms with Crippen LogP contribution in [0.2, 0.25) is 0 Å². The molecular weight excluding hydrogens is 330 g/mol. The molecule has 3 nitrogen and oxygen atoms in total. The lowest BCUT2D eigenvalue weighted by Crippen LogP contribution is -2.34. The topological polar surface area (TPSA) is 46.2 Å². The van der Waals surface area contributed by atoms with Crippen LogP contribution in [-0.2, 0) is 10.0 Å². The largest absolute Gasteiger partial charge is 0.250 e. The van der Waals surface area contributed by atoms with Gasteiger partial charge in [0.1, 0.15) is 4.21 Å². The minimum absolute atomic E-state index is 0.0937. The molecule has 16 heavy (non-hydrogen) atoms. The van der Waals surface area contributed by atoms with Gasteiger partial charge in [0, 0.05) is 11.8 Å². The molecule has 1 saturated heterocycles. The molecule has 0 amide bonds. The fourth-order valence-corrected chi connectivity index (χ4v) is 6.24. The van der Waals surface area contributed by atoms with Crippen molar-refractivity contribution in [2.24, 2.45) is 0 Å². The molecule has 2 rings (SSSR count). The molecule has 1 aliphatic rings. The zero-order valence-corrected chi connectivity index (χ0v) is 12.7. The summed E-state index contributed by atoms with van der Waals surface area (Å²) in [6.07, 6.45) is 0.926. The fraction of sp³-hybridized carbons (Fsp3) is 0.556. The third-order valence-corrected chi connectivity index (χ3v) is 7.64. The van der Waals surface area contributed by atoms with E-state index in [2.05, 4.69) is 20.7 Å². The highest BCUT2D eigenvalue weighted by Gasteiger charge is 2.24. The number of thioether (sulfide) groups is 1. The van der Waals surface area contributed by atoms with Crippen LogP contribution in [-0.4, -0.2) is 26.0 Å². The standard InChI is InChI=1S/C9H12BrNO2S3/c1-6-4-8(15-9(6)10)16(12,13)11-7-2-3-14-5-7/h4,7,11H,2-3,5H2,1H3. The zero-order chi connectivity index (χ0) is 11.8. The molecule has 0 bridgehead atoms. The summed E-state index contributed by atoms with van der Waals surface area (Å²) in [6, 6.07) is 1.80. The smallest absolute Gasteiger partial charge is 0.207 e. The number of halogens is 1. The maximum atomic E-state index is 12.0. The first kappa shape index (κ1) is 12.9. The van der Waals surface area contributed by atoms with Gasteiger partial charge in [-0.15, -0.1) is 11.3 Å². The van der Waals surface area contributed by atoms with Crippen LogP contribution in [0.15, 0.2) is 14.1 Å². The number of rotatable bonds is 3. The van der Waals surface area contributed by atoms with E-state index < -0.39 is 10.0 Å². The van der Waals surface area contributed by atoms with Crippen LogP contribution in [0.5, 0.6) is 0 Å². The summed E-state index contributed by atoms with van der Waals surface area (Å²) in [5, 5.41) is 0. The molecule has 1 N–H and O–H groups in total. The van der Waals surface area contributed by atoms with Crippen LogP contribution in [0.3, 0.4) is 0 Å². The van der Waals surface area contributed by atoms with Crippen LogP contribution in [0, 0.1) is 6.92 Å². The molecule has 1 fully saturated rings. The van der Waals surface area contributed by atoms with Crippen LogP contribution >= 0.6 is 39.0 Å². The third kappa shape index (κ3) is 2.81. The first-order valence-electron chi connectivity index (χ1n) is 4.85. The molecule has 7 heteroatoms. The Morgan fingerprint density at radius 3 is 2.81 bits per heavy atom. The summed E-state index contributed by atoms with van der Waals surface area (Å²) >= 11 is 6.40. The summed E-state index contributed by atoms with van der Waals surface area (Å²) in [6.45, 7) is 1.89. The molecule has 0 aromatic carbocycles. The van der Waals surface area contributed by atoms with E-state index >= 15 is 0 Å². The van der Waals surface area contributed by atoms with Crippen LogP contribution in [0.4, 0.5) is 0 Å². The molecule has 0 spiro atoms. The van der Waals surface area contributed by atoms with Crippen molar-refractivity contribution in [2.45, 2.75) is 23.6 Å². The van der Waals surface area contributed by atoms with Gasteiger partial charge >= 0.3 is 0 Å². The summed E-state index contributed by atoms with van der Waals surface area (Å²) in [5.41, 5.74) is 0.964. The van der Waals surface area contributed by atoms with Gasteiger partial charge in [0.2, 0.25) is 10.0 Å². The first-order chi connectivity index (χ1) is 7.49. The van der Waals surface area contributed by atoms with Crippen molar-refractivity contribution in [3.05, 3.63) is 15.4 Å². The Hall–Kier alpha value is 0.440. The lowest BCUT2D eigenvalue weighted by Gasteiger charge is -2.10. The van der Waals surface area contributed by atoms with Crippen LogP contribution in [0.1, 0.15) is 12.0 Å². The van der Waals surface area contributed by atoms with Crippen LogP contribution in [0.25, 0.3) is 0 Å². The number of sulfonamides is 1. The fourth-order valence-electron chi connectivity index (χ4n) is 1.47. The van der Waals surface area contributed by atoms with E-state index in [0.717, 1.165) is 27.3 Å². The molecule has 1 unspecified atom stereocenters. The van der Waals surface area contributed by atoms with Crippen LogP contribution < -0.4 is 4.72 Å². The lowest BCUT2D eigenvalue weighted by molar-refractivity contribution is 0.565. The Kier molecular flexibility index (Phi) is 4.01. The molecule has 90 valence electrons. The second-order valence-electron chi connectivity index (χ2n) is 3.70. The van der Waals surface area contributed by atoms with Crippen molar-refractivity contribution < 1.29 is 8.42 Å². The molecule has 1 aromatic heterocycles. The highest BCUT2D eigenvalue weighted by Crippen LogP contribution is 2.31. The molecule has 2 heterocycles. The number of hydrogen-bond acceptors (Lipinski definition) is 4. The molecule has 0 saturated carbocycles. The van der Waals surface area contributed by atoms with Gasteiger partial charge in [-0.25, -0.2) is 13.1 Å². The highest BCUT2D eigenvalue weighted by atomic mass is 79.9. The number of aryl methyl sites for hydroxylation is 1. The summed E-state index contributed by atoms with van der Waals surface area (Å²) in [5.74, 6) is 1.92. The second kappa shape index (κ2) is 4.97. The second-order valence-corrected chi connectivity index (χ2v) is 9.16. The van der Waals surface area contributed by atoms with Gasteiger partial charge in [-0.1, -0.05) is 0 Å². The zero-order valence-electron chi connectivity index (χ0n) is 8.70. The van der Waals surface area contributed by atoms with Gasteiger partial charge in [0.05, 0.1) is 3.79 Å². The predicted octanol–water partition coefficient (Wildman–Crippen LogP) is 2.60. The monoisotopic (exact) mass is 341 g/mol. The van der Waals surface area contributed by atoms with E-state index in [9.17, 15) is 8.42 Å². The van der Waals surface area contributed by atoms with E-state index in [-0.39, 0.29) is 6.04 Å². The van der Waals surface area contributed by atoms with E-state index in [0.29, 0.717) is 4.21 Å². The Morgan fingerprint density at radius 1 is 1.56 bits per heavy atom. The molecule has 0 aliphatic carbocycles. The van der Waals surface area contributed by atoms with Crippen molar-refractivity contribution in [3.63, 3.8) is 0 Å². The maximum absolute atomic E-state index is 12.0. The van der Waals surface area contributed by atoms with Crippen molar-refractivity contribution in [1.82, 2.24) is 4.72 Å². The van der Waals surface area contributed by atoms with E-state index in [4.69, 9.17) is 0 Å². The Balaban J connectivity index is 2.18. The SMILES string of the molecule is Cc1cc(S(=O)(=O)NC2CCSC2)sc1Br. The molecule has 0 radical (unpaired) electrons. The van der Waals surface area contributed by atoms with Gasteiger partial charge in [0.25, 0.3) is 0 Å². The van der Waals surface area contributed by atoms with Gasteiger partial charge in [-0.05, 0) is 46.7 Å². The molecule has 1 atom stereocenters. The number of hydrogen-bond donors (Lipinski definition) is 1. The molecule has 1 aliphatic heterocycles. The van der Waals surface area contributed by atoms with E-state index in [1.807, 2.05) is 6.92 Å². The number of thiophene rings is 1. The summed E-state index contributed by atoms with van der Waals surface area (Å²) in [7, 11) is -3.32. The molecular formula is C9H12BrNO2S3. The highest BCUT2D eigenvalue weighted by molar-refractivity contribution is 9.11. The first-order valence-corrected chi connectivity index (χ1v) is 9.10. The van der Waals surface area contributed by atoms with Crippen molar-refractivity contribution >= 4 is 49.1 Å². The van der Waals surface area contributed by atoms with Crippen molar-refractivity contribution in [3.8, 4) is 0 Å². The normalized spacial score (nSPS) is 21.5. The van der Waals surface area contributed by atoms with E-state index in [1.54, 1.807) is 17.8 Å². The Labute approximate surface area is 112 Å². The van der Waals surface area contributed by atoms with Gasteiger partial charge in [0.15, 0.2) is 0 Å². The average molecular weight is 342 g/mol. The molecule has 1 aromatic rings. The quantitative estimate of drug-likeness (QED) is 0.919. The Morgan fingerprint density at radius 2 is 2.31 bits per heavy atom. The average Bonchev–Trinajstić information content (AvgIpc) is 2.78. The lowest BCUT2D eigenvalue weighted by atomic mass is 10.3. The van der Waals surface area contributed by atoms with Gasteiger partial charge in [-0.2, -0.15) is 11.8 Å². The maximum Gasteiger partial charge on any atom is 0.250 e. The van der Waals surface area contributed by atoms with Gasteiger partial charge < -0.3 is 0 Å². The summed E-state index contributed by atoms with van der Waals surface area (Å²) in [4.78, 5) is 0. The third-order valence-electron chi connectivity index (χ3n) is 2.35. The minimum Gasteiger partial charge on any atom is -0.207 e. The predicted molar refractivity (Wildman–Crippen MR) is 72.8 cm³/mol. The number of nitrogens with one attached hydrogen (secondary N) is 1. The van der Waals surface area contributed by atoms with Crippen molar-refractivity contribution in [1.29, 1.82) is 0 Å². The minimum atomic E-state index is -3.32. The summed E-state index contributed by atoms with van der Waals surface area (Å²) < 4.78 is 28.1. The Bertz CT molecular complexity index is 457. The van der Waals surface area contributed by atoms with Crippen molar-refractivity contribution in [2.75, 3.05) is 11.5 Å².